The van der Waals surface area contributed by atoms with Crippen LogP contribution in [0.25, 0.3) is 0 Å². The lowest BCUT2D eigenvalue weighted by atomic mass is 10.1. The summed E-state index contributed by atoms with van der Waals surface area (Å²) in [4.78, 5) is 0. The van der Waals surface area contributed by atoms with E-state index in [9.17, 15) is 0 Å². The molecule has 1 aromatic heterocycles. The molecule has 1 aromatic carbocycles. The molecule has 0 bridgehead atoms. The number of methoxy groups -OCH3 is 1. The molecule has 0 aliphatic carbocycles. The largest absolute Gasteiger partial charge is 0.493 e. The van der Waals surface area contributed by atoms with Crippen molar-refractivity contribution < 1.29 is 4.74 Å². The molecule has 1 atom stereocenters. The molecule has 0 aliphatic rings. The molecule has 2 rings (SSSR count). The zero-order valence-electron chi connectivity index (χ0n) is 12.1. The van der Waals surface area contributed by atoms with Crippen LogP contribution in [-0.2, 0) is 13.0 Å². The van der Waals surface area contributed by atoms with Crippen LogP contribution in [0.3, 0.4) is 0 Å². The van der Waals surface area contributed by atoms with Crippen LogP contribution >= 0.6 is 11.6 Å². The topological polar surface area (TPSA) is 27.1 Å². The highest BCUT2D eigenvalue weighted by atomic mass is 35.5. The zero-order valence-corrected chi connectivity index (χ0v) is 12.8. The van der Waals surface area contributed by atoms with E-state index in [1.807, 2.05) is 22.9 Å². The van der Waals surface area contributed by atoms with Crippen LogP contribution < -0.4 is 4.74 Å². The first-order valence-corrected chi connectivity index (χ1v) is 7.47. The van der Waals surface area contributed by atoms with E-state index >= 15 is 0 Å². The van der Waals surface area contributed by atoms with Gasteiger partial charge in [-0.15, -0.1) is 11.6 Å². The molecular formula is C16H21ClN2O. The van der Waals surface area contributed by atoms with Gasteiger partial charge in [-0.2, -0.15) is 5.10 Å². The Morgan fingerprint density at radius 3 is 2.70 bits per heavy atom. The number of aryl methyl sites for hydroxylation is 1. The van der Waals surface area contributed by atoms with Crippen molar-refractivity contribution in [2.75, 3.05) is 7.11 Å². The summed E-state index contributed by atoms with van der Waals surface area (Å²) in [6.45, 7) is 3.06. The Bertz CT molecular complexity index is 525. The lowest BCUT2D eigenvalue weighted by Gasteiger charge is -2.12. The first kappa shape index (κ1) is 14.9. The van der Waals surface area contributed by atoms with Crippen molar-refractivity contribution in [3.63, 3.8) is 0 Å². The van der Waals surface area contributed by atoms with Gasteiger partial charge in [-0.3, -0.25) is 4.68 Å². The van der Waals surface area contributed by atoms with E-state index in [1.54, 1.807) is 13.3 Å². The van der Waals surface area contributed by atoms with Crippen molar-refractivity contribution in [1.29, 1.82) is 0 Å². The lowest BCUT2D eigenvalue weighted by Crippen LogP contribution is -2.06. The van der Waals surface area contributed by atoms with Gasteiger partial charge < -0.3 is 4.74 Å². The number of ether oxygens (including phenoxy) is 1. The zero-order chi connectivity index (χ0) is 14.4. The molecule has 0 aliphatic heterocycles. The number of benzene rings is 1. The van der Waals surface area contributed by atoms with Gasteiger partial charge in [-0.05, 0) is 24.8 Å². The summed E-state index contributed by atoms with van der Waals surface area (Å²) < 4.78 is 7.41. The van der Waals surface area contributed by atoms with E-state index in [2.05, 4.69) is 24.2 Å². The molecule has 2 aromatic rings. The molecule has 0 N–H and O–H groups in total. The molecule has 0 spiro atoms. The Hall–Kier alpha value is -1.48. The van der Waals surface area contributed by atoms with Gasteiger partial charge >= 0.3 is 0 Å². The Kier molecular flexibility index (Phi) is 5.48. The Balaban J connectivity index is 2.04. The quantitative estimate of drug-likeness (QED) is 0.715. The van der Waals surface area contributed by atoms with E-state index in [-0.39, 0.29) is 5.38 Å². The number of aromatic nitrogens is 2. The van der Waals surface area contributed by atoms with Gasteiger partial charge in [-0.25, -0.2) is 0 Å². The molecule has 3 nitrogen and oxygen atoms in total. The summed E-state index contributed by atoms with van der Waals surface area (Å²) in [5.41, 5.74) is 2.30. The smallest absolute Gasteiger partial charge is 0.159 e. The van der Waals surface area contributed by atoms with Crippen LogP contribution in [0, 0.1) is 0 Å². The molecule has 108 valence electrons. The number of hydrogen-bond donors (Lipinski definition) is 0. The van der Waals surface area contributed by atoms with Crippen LogP contribution in [0.1, 0.15) is 36.4 Å². The third kappa shape index (κ3) is 3.54. The summed E-state index contributed by atoms with van der Waals surface area (Å²) in [6.07, 6.45) is 4.58. The van der Waals surface area contributed by atoms with Crippen molar-refractivity contribution in [1.82, 2.24) is 9.78 Å². The van der Waals surface area contributed by atoms with Crippen LogP contribution in [0.15, 0.2) is 36.5 Å². The predicted molar refractivity (Wildman–Crippen MR) is 82.4 cm³/mol. The SMILES string of the molecule is CCCn1ncc(OC)c1CCC(Cl)c1ccccc1. The van der Waals surface area contributed by atoms with Gasteiger partial charge in [0, 0.05) is 6.54 Å². The normalized spacial score (nSPS) is 12.3. The van der Waals surface area contributed by atoms with Crippen LogP contribution in [-0.4, -0.2) is 16.9 Å². The van der Waals surface area contributed by atoms with Gasteiger partial charge in [-0.1, -0.05) is 37.3 Å². The number of alkyl halides is 1. The second-order valence-electron chi connectivity index (χ2n) is 4.80. The molecule has 0 fully saturated rings. The molecule has 0 saturated heterocycles. The highest BCUT2D eigenvalue weighted by molar-refractivity contribution is 6.20. The molecule has 0 amide bonds. The van der Waals surface area contributed by atoms with Gasteiger partial charge in [0.15, 0.2) is 5.75 Å². The minimum absolute atomic E-state index is 0.0193. The van der Waals surface area contributed by atoms with Gasteiger partial charge in [0.2, 0.25) is 0 Å². The third-order valence-electron chi connectivity index (χ3n) is 3.36. The van der Waals surface area contributed by atoms with Crippen molar-refractivity contribution in [3.05, 3.63) is 47.8 Å². The number of rotatable bonds is 7. The highest BCUT2D eigenvalue weighted by Crippen LogP contribution is 2.28. The molecule has 0 radical (unpaired) electrons. The minimum Gasteiger partial charge on any atom is -0.493 e. The lowest BCUT2D eigenvalue weighted by molar-refractivity contribution is 0.405. The number of hydrogen-bond acceptors (Lipinski definition) is 2. The summed E-state index contributed by atoms with van der Waals surface area (Å²) in [6, 6.07) is 10.2. The fourth-order valence-electron chi connectivity index (χ4n) is 2.31. The Morgan fingerprint density at radius 1 is 1.30 bits per heavy atom. The maximum absolute atomic E-state index is 6.48. The Morgan fingerprint density at radius 2 is 2.05 bits per heavy atom. The predicted octanol–water partition coefficient (Wildman–Crippen LogP) is 4.21. The first-order valence-electron chi connectivity index (χ1n) is 7.04. The average molecular weight is 293 g/mol. The van der Waals surface area contributed by atoms with E-state index in [0.717, 1.165) is 42.8 Å². The van der Waals surface area contributed by atoms with Crippen LogP contribution in [0.4, 0.5) is 0 Å². The molecular weight excluding hydrogens is 272 g/mol. The fraction of sp³-hybridized carbons (Fsp3) is 0.438. The summed E-state index contributed by atoms with van der Waals surface area (Å²) >= 11 is 6.48. The molecule has 4 heteroatoms. The summed E-state index contributed by atoms with van der Waals surface area (Å²) in [5, 5.41) is 4.40. The standard InChI is InChI=1S/C16H21ClN2O/c1-3-11-19-15(16(20-2)12-18-19)10-9-14(17)13-7-5-4-6-8-13/h4-8,12,14H,3,9-11H2,1-2H3. The average Bonchev–Trinajstić information content (AvgIpc) is 2.88. The second kappa shape index (κ2) is 7.34. The highest BCUT2D eigenvalue weighted by Gasteiger charge is 2.14. The van der Waals surface area contributed by atoms with E-state index in [1.165, 1.54) is 0 Å². The molecule has 0 saturated carbocycles. The summed E-state index contributed by atoms with van der Waals surface area (Å²) in [5.74, 6) is 0.857. The molecule has 1 heterocycles. The summed E-state index contributed by atoms with van der Waals surface area (Å²) in [7, 11) is 1.69. The maximum Gasteiger partial charge on any atom is 0.159 e. The maximum atomic E-state index is 6.48. The van der Waals surface area contributed by atoms with Crippen molar-refractivity contribution in [2.45, 2.75) is 38.1 Å². The van der Waals surface area contributed by atoms with Gasteiger partial charge in [0.1, 0.15) is 0 Å². The van der Waals surface area contributed by atoms with E-state index < -0.39 is 0 Å². The molecule has 20 heavy (non-hydrogen) atoms. The number of halogens is 1. The van der Waals surface area contributed by atoms with Gasteiger partial charge in [0.05, 0.1) is 24.4 Å². The second-order valence-corrected chi connectivity index (χ2v) is 5.33. The van der Waals surface area contributed by atoms with E-state index in [4.69, 9.17) is 16.3 Å². The minimum atomic E-state index is 0.0193. The number of nitrogens with zero attached hydrogens (tertiary/aromatic N) is 2. The van der Waals surface area contributed by atoms with Crippen LogP contribution in [0.5, 0.6) is 5.75 Å². The van der Waals surface area contributed by atoms with Crippen molar-refractivity contribution >= 4 is 11.6 Å². The third-order valence-corrected chi connectivity index (χ3v) is 3.83. The van der Waals surface area contributed by atoms with Crippen molar-refractivity contribution in [3.8, 4) is 5.75 Å². The van der Waals surface area contributed by atoms with Crippen LogP contribution in [0.2, 0.25) is 0 Å². The fourth-order valence-corrected chi connectivity index (χ4v) is 2.57. The van der Waals surface area contributed by atoms with E-state index in [0.29, 0.717) is 0 Å². The van der Waals surface area contributed by atoms with Gasteiger partial charge in [0.25, 0.3) is 0 Å². The monoisotopic (exact) mass is 292 g/mol. The molecule has 1 unspecified atom stereocenters. The Labute approximate surface area is 125 Å². The van der Waals surface area contributed by atoms with Crippen molar-refractivity contribution in [2.24, 2.45) is 0 Å². The first-order chi connectivity index (χ1) is 9.76.